The number of nitrogens with zero attached hydrogens (tertiary/aromatic N) is 1. The van der Waals surface area contributed by atoms with E-state index in [-0.39, 0.29) is 10.8 Å². The highest BCUT2D eigenvalue weighted by atomic mass is 32.2. The Morgan fingerprint density at radius 1 is 1.21 bits per heavy atom. The van der Waals surface area contributed by atoms with Crippen LogP contribution in [-0.2, 0) is 11.0 Å². The van der Waals surface area contributed by atoms with Crippen LogP contribution in [0.3, 0.4) is 0 Å². The fraction of sp³-hybridized carbons (Fsp3) is 0.500. The number of rotatable bonds is 2. The summed E-state index contributed by atoms with van der Waals surface area (Å²) in [6.07, 6.45) is 5.35. The van der Waals surface area contributed by atoms with E-state index in [2.05, 4.69) is 47.6 Å². The number of benzene rings is 1. The Hall–Kier alpha value is -0.930. The molecule has 1 heterocycles. The molecule has 1 aliphatic heterocycles. The van der Waals surface area contributed by atoms with Gasteiger partial charge in [0.15, 0.2) is 0 Å². The molecule has 2 rings (SSSR count). The summed E-state index contributed by atoms with van der Waals surface area (Å²) in [5.41, 5.74) is 2.48. The van der Waals surface area contributed by atoms with Crippen LogP contribution in [0.15, 0.2) is 36.4 Å². The first kappa shape index (κ1) is 14.5. The first-order valence-electron chi connectivity index (χ1n) is 6.81. The minimum atomic E-state index is -0.978. The minimum Gasteiger partial charge on any atom is -0.242 e. The zero-order valence-corrected chi connectivity index (χ0v) is 13.0. The van der Waals surface area contributed by atoms with Gasteiger partial charge in [0.05, 0.1) is 10.8 Å². The van der Waals surface area contributed by atoms with Gasteiger partial charge in [-0.1, -0.05) is 42.0 Å². The van der Waals surface area contributed by atoms with Gasteiger partial charge in [-0.25, -0.2) is 8.51 Å². The zero-order valence-electron chi connectivity index (χ0n) is 12.2. The summed E-state index contributed by atoms with van der Waals surface area (Å²) in [5, 5.41) is 0. The lowest BCUT2D eigenvalue weighted by atomic mass is 10.0. The van der Waals surface area contributed by atoms with Crippen LogP contribution in [0.1, 0.15) is 44.4 Å². The molecule has 3 heteroatoms. The normalized spacial score (nSPS) is 22.4. The average molecular weight is 277 g/mol. The molecule has 0 saturated heterocycles. The molecule has 2 nitrogen and oxygen atoms in total. The third kappa shape index (κ3) is 3.34. The van der Waals surface area contributed by atoms with Gasteiger partial charge in [-0.2, -0.15) is 0 Å². The Morgan fingerprint density at radius 3 is 2.42 bits per heavy atom. The number of aryl methyl sites for hydroxylation is 1. The lowest BCUT2D eigenvalue weighted by Gasteiger charge is -2.35. The van der Waals surface area contributed by atoms with Crippen molar-refractivity contribution in [3.63, 3.8) is 0 Å². The predicted octanol–water partition coefficient (Wildman–Crippen LogP) is 3.76. The van der Waals surface area contributed by atoms with Crippen molar-refractivity contribution < 1.29 is 4.21 Å². The summed E-state index contributed by atoms with van der Waals surface area (Å²) in [6, 6.07) is 8.66. The molecule has 0 fully saturated rings. The van der Waals surface area contributed by atoms with Gasteiger partial charge in [-0.05, 0) is 39.7 Å². The van der Waals surface area contributed by atoms with Crippen molar-refractivity contribution >= 4 is 11.0 Å². The maximum absolute atomic E-state index is 12.7. The van der Waals surface area contributed by atoms with Crippen molar-refractivity contribution in [3.8, 4) is 0 Å². The Balaban J connectivity index is 2.30. The third-order valence-electron chi connectivity index (χ3n) is 3.30. The van der Waals surface area contributed by atoms with Gasteiger partial charge < -0.3 is 0 Å². The van der Waals surface area contributed by atoms with Crippen LogP contribution in [0, 0.1) is 6.92 Å². The first-order chi connectivity index (χ1) is 8.89. The van der Waals surface area contributed by atoms with Gasteiger partial charge in [0.25, 0.3) is 0 Å². The second-order valence-corrected chi connectivity index (χ2v) is 8.27. The summed E-state index contributed by atoms with van der Waals surface area (Å²) in [7, 11) is -0.978. The topological polar surface area (TPSA) is 20.3 Å². The molecule has 0 aromatic heterocycles. The van der Waals surface area contributed by atoms with Crippen molar-refractivity contribution in [3.05, 3.63) is 47.5 Å². The third-order valence-corrected chi connectivity index (χ3v) is 5.18. The van der Waals surface area contributed by atoms with Gasteiger partial charge >= 0.3 is 0 Å². The molecule has 0 spiro atoms. The quantitative estimate of drug-likeness (QED) is 0.754. The predicted molar refractivity (Wildman–Crippen MR) is 82.3 cm³/mol. The van der Waals surface area contributed by atoms with Crippen LogP contribution in [0.25, 0.3) is 0 Å². The molecular weight excluding hydrogens is 254 g/mol. The summed E-state index contributed by atoms with van der Waals surface area (Å²) in [5.74, 6) is 0. The van der Waals surface area contributed by atoms with Crippen LogP contribution in [-0.4, -0.2) is 19.8 Å². The van der Waals surface area contributed by atoms with Crippen molar-refractivity contribution in [2.24, 2.45) is 0 Å². The Bertz CT molecular complexity index is 484. The smallest absolute Gasteiger partial charge is 0.101 e. The summed E-state index contributed by atoms with van der Waals surface area (Å²) >= 11 is 0. The Labute approximate surface area is 119 Å². The highest BCUT2D eigenvalue weighted by molar-refractivity contribution is 7.84. The molecule has 2 atom stereocenters. The molecule has 1 aromatic carbocycles. The van der Waals surface area contributed by atoms with E-state index in [4.69, 9.17) is 0 Å². The summed E-state index contributed by atoms with van der Waals surface area (Å²) in [4.78, 5) is 0. The maximum Gasteiger partial charge on any atom is 0.101 e. The first-order valence-corrected chi connectivity index (χ1v) is 7.92. The Kier molecular flexibility index (Phi) is 4.26. The molecular formula is C16H23NOS. The summed E-state index contributed by atoms with van der Waals surface area (Å²) in [6.45, 7) is 9.05. The van der Waals surface area contributed by atoms with Crippen molar-refractivity contribution in [2.45, 2.75) is 44.9 Å². The lowest BCUT2D eigenvalue weighted by molar-refractivity contribution is 0.375. The van der Waals surface area contributed by atoms with Crippen molar-refractivity contribution in [2.75, 3.05) is 6.54 Å². The molecule has 0 N–H and O–H groups in total. The van der Waals surface area contributed by atoms with E-state index in [9.17, 15) is 4.21 Å². The molecule has 1 unspecified atom stereocenters. The fourth-order valence-electron chi connectivity index (χ4n) is 2.24. The Morgan fingerprint density at radius 2 is 1.84 bits per heavy atom. The van der Waals surface area contributed by atoms with Crippen LogP contribution >= 0.6 is 0 Å². The van der Waals surface area contributed by atoms with E-state index in [0.717, 1.165) is 13.0 Å². The van der Waals surface area contributed by atoms with Crippen LogP contribution < -0.4 is 0 Å². The molecule has 0 bridgehead atoms. The average Bonchev–Trinajstić information content (AvgIpc) is 2.38. The second kappa shape index (κ2) is 5.59. The SMILES string of the molecule is Cc1ccc([C@@H]2C=CCCN2S(=O)C(C)(C)C)cc1. The van der Waals surface area contributed by atoms with Crippen molar-refractivity contribution in [1.29, 1.82) is 0 Å². The molecule has 1 aromatic rings. The molecule has 0 radical (unpaired) electrons. The number of hydrogen-bond acceptors (Lipinski definition) is 1. The van der Waals surface area contributed by atoms with Crippen LogP contribution in [0.2, 0.25) is 0 Å². The van der Waals surface area contributed by atoms with E-state index >= 15 is 0 Å². The van der Waals surface area contributed by atoms with E-state index in [0.29, 0.717) is 0 Å². The molecule has 1 aliphatic rings. The molecule has 19 heavy (non-hydrogen) atoms. The molecule has 0 saturated carbocycles. The van der Waals surface area contributed by atoms with Crippen molar-refractivity contribution in [1.82, 2.24) is 4.31 Å². The van der Waals surface area contributed by atoms with Gasteiger partial charge in [-0.15, -0.1) is 0 Å². The van der Waals surface area contributed by atoms with Crippen LogP contribution in [0.4, 0.5) is 0 Å². The molecule has 104 valence electrons. The van der Waals surface area contributed by atoms with Gasteiger partial charge in [0, 0.05) is 6.54 Å². The van der Waals surface area contributed by atoms with E-state index in [1.54, 1.807) is 0 Å². The van der Waals surface area contributed by atoms with Gasteiger partial charge in [0.2, 0.25) is 0 Å². The van der Waals surface area contributed by atoms with Gasteiger partial charge in [0.1, 0.15) is 11.0 Å². The minimum absolute atomic E-state index is 0.134. The number of hydrogen-bond donors (Lipinski definition) is 0. The molecule has 0 amide bonds. The van der Waals surface area contributed by atoms with Gasteiger partial charge in [-0.3, -0.25) is 0 Å². The highest BCUT2D eigenvalue weighted by Crippen LogP contribution is 2.31. The largest absolute Gasteiger partial charge is 0.242 e. The molecule has 0 aliphatic carbocycles. The maximum atomic E-state index is 12.7. The van der Waals surface area contributed by atoms with E-state index in [1.807, 2.05) is 20.8 Å². The van der Waals surface area contributed by atoms with E-state index < -0.39 is 11.0 Å². The second-order valence-electron chi connectivity index (χ2n) is 6.07. The fourth-order valence-corrected chi connectivity index (χ4v) is 3.61. The standard InChI is InChI=1S/C16H23NOS/c1-13-8-10-14(11-9-13)15-7-5-6-12-17(15)19(18)16(2,3)4/h5,7-11,15H,6,12H2,1-4H3/t15-,19?/m0/s1. The monoisotopic (exact) mass is 277 g/mol. The summed E-state index contributed by atoms with van der Waals surface area (Å²) < 4.78 is 14.6. The van der Waals surface area contributed by atoms with E-state index in [1.165, 1.54) is 11.1 Å². The lowest BCUT2D eigenvalue weighted by Crippen LogP contribution is -2.41. The van der Waals surface area contributed by atoms with Crippen LogP contribution in [0.5, 0.6) is 0 Å². The zero-order chi connectivity index (χ0) is 14.0. The highest BCUT2D eigenvalue weighted by Gasteiger charge is 2.32.